The Kier molecular flexibility index (Phi) is 9.85. The number of rotatable bonds is 11. The SMILES string of the molecule is CCCS(=O)(=O)N(CCOC)CC(=O)N(Cc1cccc(Cl)c1)C1CCNCC1. The third-order valence-electron chi connectivity index (χ3n) is 5.02. The molecule has 1 aromatic rings. The Hall–Kier alpha value is -1.19. The van der Waals surface area contributed by atoms with E-state index in [0.717, 1.165) is 31.5 Å². The van der Waals surface area contributed by atoms with E-state index in [1.54, 1.807) is 6.07 Å². The molecule has 29 heavy (non-hydrogen) atoms. The summed E-state index contributed by atoms with van der Waals surface area (Å²) < 4.78 is 31.6. The fourth-order valence-corrected chi connectivity index (χ4v) is 5.16. The second-order valence-corrected chi connectivity index (χ2v) is 9.80. The molecule has 0 bridgehead atoms. The standard InChI is InChI=1S/C20H32ClN3O4S/c1-3-13-29(26,27)23(11-12-28-2)16-20(25)24(19-7-9-22-10-8-19)15-17-5-4-6-18(21)14-17/h4-6,14,19,22H,3,7-13,15-16H2,1-2H3. The highest BCUT2D eigenvalue weighted by atomic mass is 35.5. The molecule has 0 saturated carbocycles. The van der Waals surface area contributed by atoms with Crippen molar-refractivity contribution in [2.24, 2.45) is 0 Å². The number of hydrogen-bond donors (Lipinski definition) is 1. The lowest BCUT2D eigenvalue weighted by molar-refractivity contribution is -0.135. The van der Waals surface area contributed by atoms with E-state index >= 15 is 0 Å². The second kappa shape index (κ2) is 11.9. The maximum atomic E-state index is 13.3. The van der Waals surface area contributed by atoms with E-state index in [1.807, 2.05) is 30.0 Å². The average molecular weight is 446 g/mol. The normalized spacial score (nSPS) is 15.6. The summed E-state index contributed by atoms with van der Waals surface area (Å²) in [6.45, 7) is 4.15. The van der Waals surface area contributed by atoms with Crippen molar-refractivity contribution in [2.45, 2.75) is 38.8 Å². The van der Waals surface area contributed by atoms with Gasteiger partial charge in [0.15, 0.2) is 0 Å². The lowest BCUT2D eigenvalue weighted by Gasteiger charge is -2.36. The van der Waals surface area contributed by atoms with E-state index in [4.69, 9.17) is 16.3 Å². The van der Waals surface area contributed by atoms with Gasteiger partial charge in [-0.05, 0) is 50.0 Å². The number of halogens is 1. The van der Waals surface area contributed by atoms with Gasteiger partial charge in [0.05, 0.1) is 18.9 Å². The molecule has 164 valence electrons. The van der Waals surface area contributed by atoms with Crippen molar-refractivity contribution >= 4 is 27.5 Å². The molecule has 0 aliphatic carbocycles. The molecule has 0 atom stereocenters. The van der Waals surface area contributed by atoms with Crippen LogP contribution in [0, 0.1) is 0 Å². The van der Waals surface area contributed by atoms with E-state index in [1.165, 1.54) is 11.4 Å². The number of benzene rings is 1. The van der Waals surface area contributed by atoms with Crippen molar-refractivity contribution in [3.63, 3.8) is 0 Å². The number of nitrogens with zero attached hydrogens (tertiary/aromatic N) is 2. The average Bonchev–Trinajstić information content (AvgIpc) is 2.69. The van der Waals surface area contributed by atoms with Gasteiger partial charge in [0, 0.05) is 31.3 Å². The number of carbonyl (C=O) groups is 1. The maximum absolute atomic E-state index is 13.3. The van der Waals surface area contributed by atoms with Gasteiger partial charge >= 0.3 is 0 Å². The molecule has 2 rings (SSSR count). The Morgan fingerprint density at radius 1 is 1.31 bits per heavy atom. The van der Waals surface area contributed by atoms with Crippen LogP contribution < -0.4 is 5.32 Å². The Labute approximate surface area is 179 Å². The third-order valence-corrected chi connectivity index (χ3v) is 7.28. The zero-order valence-electron chi connectivity index (χ0n) is 17.3. The van der Waals surface area contributed by atoms with Crippen LogP contribution >= 0.6 is 11.6 Å². The van der Waals surface area contributed by atoms with Crippen LogP contribution in [0.15, 0.2) is 24.3 Å². The minimum Gasteiger partial charge on any atom is -0.383 e. The lowest BCUT2D eigenvalue weighted by Crippen LogP contribution is -2.50. The highest BCUT2D eigenvalue weighted by Crippen LogP contribution is 2.19. The Balaban J connectivity index is 2.21. The largest absolute Gasteiger partial charge is 0.383 e. The smallest absolute Gasteiger partial charge is 0.238 e. The molecule has 0 aromatic heterocycles. The van der Waals surface area contributed by atoms with Crippen LogP contribution in [0.2, 0.25) is 5.02 Å². The van der Waals surface area contributed by atoms with Crippen molar-refractivity contribution in [1.82, 2.24) is 14.5 Å². The Morgan fingerprint density at radius 2 is 2.03 bits per heavy atom. The van der Waals surface area contributed by atoms with Gasteiger partial charge in [-0.1, -0.05) is 30.7 Å². The predicted molar refractivity (Wildman–Crippen MR) is 115 cm³/mol. The number of nitrogens with one attached hydrogen (secondary N) is 1. The van der Waals surface area contributed by atoms with E-state index in [0.29, 0.717) is 18.0 Å². The number of methoxy groups -OCH3 is 1. The van der Waals surface area contributed by atoms with Gasteiger partial charge in [0.25, 0.3) is 0 Å². The van der Waals surface area contributed by atoms with Crippen LogP contribution in [-0.4, -0.2) is 75.2 Å². The quantitative estimate of drug-likeness (QED) is 0.564. The molecular formula is C20H32ClN3O4S. The molecule has 9 heteroatoms. The lowest BCUT2D eigenvalue weighted by atomic mass is 10.0. The fraction of sp³-hybridized carbons (Fsp3) is 0.650. The number of amides is 1. The highest BCUT2D eigenvalue weighted by Gasteiger charge is 2.30. The molecule has 0 spiro atoms. The zero-order chi connectivity index (χ0) is 21.3. The molecule has 0 radical (unpaired) electrons. The van der Waals surface area contributed by atoms with Crippen LogP contribution in [0.25, 0.3) is 0 Å². The monoisotopic (exact) mass is 445 g/mol. The van der Waals surface area contributed by atoms with Gasteiger partial charge in [-0.25, -0.2) is 8.42 Å². The topological polar surface area (TPSA) is 79.0 Å². The summed E-state index contributed by atoms with van der Waals surface area (Å²) in [5.74, 6) is -0.168. The van der Waals surface area contributed by atoms with Gasteiger partial charge in [0.2, 0.25) is 15.9 Å². The van der Waals surface area contributed by atoms with E-state index < -0.39 is 10.0 Å². The van der Waals surface area contributed by atoms with Gasteiger partial charge < -0.3 is 15.0 Å². The van der Waals surface area contributed by atoms with E-state index in [9.17, 15) is 13.2 Å². The second-order valence-electron chi connectivity index (χ2n) is 7.28. The molecule has 1 amide bonds. The number of sulfonamides is 1. The fourth-order valence-electron chi connectivity index (χ4n) is 3.51. The number of hydrogen-bond acceptors (Lipinski definition) is 5. The summed E-state index contributed by atoms with van der Waals surface area (Å²) in [6.07, 6.45) is 2.18. The predicted octanol–water partition coefficient (Wildman–Crippen LogP) is 2.11. The van der Waals surface area contributed by atoms with Crippen molar-refractivity contribution < 1.29 is 17.9 Å². The first-order chi connectivity index (χ1) is 13.9. The van der Waals surface area contributed by atoms with Gasteiger partial charge in [-0.15, -0.1) is 0 Å². The molecule has 1 aromatic carbocycles. The van der Waals surface area contributed by atoms with Crippen LogP contribution in [-0.2, 0) is 26.1 Å². The summed E-state index contributed by atoms with van der Waals surface area (Å²) in [5.41, 5.74) is 0.934. The van der Waals surface area contributed by atoms with Crippen LogP contribution in [0.1, 0.15) is 31.7 Å². The summed E-state index contributed by atoms with van der Waals surface area (Å²) in [6, 6.07) is 7.51. The van der Waals surface area contributed by atoms with E-state index in [2.05, 4.69) is 5.32 Å². The van der Waals surface area contributed by atoms with Gasteiger partial charge in [0.1, 0.15) is 0 Å². The number of ether oxygens (including phenoxy) is 1. The number of carbonyl (C=O) groups excluding carboxylic acids is 1. The first-order valence-corrected chi connectivity index (χ1v) is 12.1. The Morgan fingerprint density at radius 3 is 2.66 bits per heavy atom. The summed E-state index contributed by atoms with van der Waals surface area (Å²) in [7, 11) is -1.99. The third kappa shape index (κ3) is 7.53. The molecule has 1 saturated heterocycles. The van der Waals surface area contributed by atoms with Crippen LogP contribution in [0.5, 0.6) is 0 Å². The molecule has 1 heterocycles. The molecule has 7 nitrogen and oxygen atoms in total. The van der Waals surface area contributed by atoms with Crippen LogP contribution in [0.3, 0.4) is 0 Å². The van der Waals surface area contributed by atoms with Gasteiger partial charge in [-0.2, -0.15) is 4.31 Å². The van der Waals surface area contributed by atoms with E-state index in [-0.39, 0.29) is 37.4 Å². The Bertz CT molecular complexity index is 754. The van der Waals surface area contributed by atoms with Crippen molar-refractivity contribution in [1.29, 1.82) is 0 Å². The highest BCUT2D eigenvalue weighted by molar-refractivity contribution is 7.89. The van der Waals surface area contributed by atoms with Gasteiger partial charge in [-0.3, -0.25) is 4.79 Å². The van der Waals surface area contributed by atoms with Crippen molar-refractivity contribution in [2.75, 3.05) is 45.6 Å². The summed E-state index contributed by atoms with van der Waals surface area (Å²) in [5, 5.41) is 3.93. The zero-order valence-corrected chi connectivity index (χ0v) is 18.8. The number of piperidine rings is 1. The summed E-state index contributed by atoms with van der Waals surface area (Å²) >= 11 is 6.11. The molecule has 0 unspecified atom stereocenters. The van der Waals surface area contributed by atoms with Crippen molar-refractivity contribution in [3.05, 3.63) is 34.9 Å². The van der Waals surface area contributed by atoms with Crippen LogP contribution in [0.4, 0.5) is 0 Å². The molecule has 1 aliphatic heterocycles. The molecule has 1 fully saturated rings. The maximum Gasteiger partial charge on any atom is 0.238 e. The van der Waals surface area contributed by atoms with Crippen molar-refractivity contribution in [3.8, 4) is 0 Å². The minimum atomic E-state index is -3.51. The molecular weight excluding hydrogens is 414 g/mol. The first-order valence-electron chi connectivity index (χ1n) is 10.1. The molecule has 1 N–H and O–H groups in total. The first kappa shape index (κ1) is 24.1. The summed E-state index contributed by atoms with van der Waals surface area (Å²) in [4.78, 5) is 15.1. The minimum absolute atomic E-state index is 0.0195. The molecule has 1 aliphatic rings.